The number of hydrogen-bond donors (Lipinski definition) is 3. The summed E-state index contributed by atoms with van der Waals surface area (Å²) in [5.74, 6) is -0.982. The van der Waals surface area contributed by atoms with Crippen molar-refractivity contribution in [1.82, 2.24) is 4.90 Å². The van der Waals surface area contributed by atoms with Crippen molar-refractivity contribution in [1.29, 1.82) is 0 Å². The van der Waals surface area contributed by atoms with Gasteiger partial charge in [-0.3, -0.25) is 4.90 Å². The van der Waals surface area contributed by atoms with E-state index in [4.69, 9.17) is 10.2 Å². The molecule has 0 aromatic heterocycles. The van der Waals surface area contributed by atoms with Crippen molar-refractivity contribution < 1.29 is 20.1 Å². The molecule has 0 aromatic carbocycles. The summed E-state index contributed by atoms with van der Waals surface area (Å²) >= 11 is 0. The normalized spacial score (nSPS) is 27.5. The smallest absolute Gasteiger partial charge is 0.336 e. The monoisotopic (exact) mass is 203 g/mol. The number of rotatable bonds is 4. The largest absolute Gasteiger partial charge is 0.479 e. The van der Waals surface area contributed by atoms with E-state index >= 15 is 0 Å². The maximum Gasteiger partial charge on any atom is 0.336 e. The minimum atomic E-state index is -1.69. The number of hydrogen-bond acceptors (Lipinski definition) is 4. The van der Waals surface area contributed by atoms with Crippen molar-refractivity contribution in [2.24, 2.45) is 5.92 Å². The van der Waals surface area contributed by atoms with Gasteiger partial charge in [-0.25, -0.2) is 4.79 Å². The highest BCUT2D eigenvalue weighted by Gasteiger charge is 2.34. The fourth-order valence-electron chi connectivity index (χ4n) is 1.71. The second-order valence-corrected chi connectivity index (χ2v) is 4.15. The molecule has 0 radical (unpaired) electrons. The van der Waals surface area contributed by atoms with Crippen LogP contribution in [0, 0.1) is 5.92 Å². The number of β-amino-alcohol motifs (C(OH)–C–C–N with tert-alkyl or cyclic N) is 1. The topological polar surface area (TPSA) is 81.0 Å². The zero-order chi connectivity index (χ0) is 10.8. The zero-order valence-electron chi connectivity index (χ0n) is 8.31. The van der Waals surface area contributed by atoms with Crippen LogP contribution in [-0.2, 0) is 4.79 Å². The van der Waals surface area contributed by atoms with Crippen LogP contribution in [0.15, 0.2) is 0 Å². The summed E-state index contributed by atoms with van der Waals surface area (Å²) in [6, 6.07) is 0. The van der Waals surface area contributed by atoms with Gasteiger partial charge in [-0.05, 0) is 25.8 Å². The number of carboxylic acids is 1. The lowest BCUT2D eigenvalue weighted by atomic mass is 10.1. The fraction of sp³-hybridized carbons (Fsp3) is 0.889. The van der Waals surface area contributed by atoms with Crippen LogP contribution in [0.4, 0.5) is 0 Å². The minimum absolute atomic E-state index is 0.124. The maximum atomic E-state index is 10.6. The summed E-state index contributed by atoms with van der Waals surface area (Å²) in [5, 5.41) is 27.1. The van der Waals surface area contributed by atoms with Crippen molar-refractivity contribution in [3.63, 3.8) is 0 Å². The maximum absolute atomic E-state index is 10.6. The molecule has 0 saturated carbocycles. The molecule has 0 aliphatic carbocycles. The highest BCUT2D eigenvalue weighted by Crippen LogP contribution is 2.18. The Kier molecular flexibility index (Phi) is 3.47. The Morgan fingerprint density at radius 3 is 2.71 bits per heavy atom. The Bertz CT molecular complexity index is 217. The molecule has 0 spiro atoms. The molecule has 1 fully saturated rings. The van der Waals surface area contributed by atoms with Crippen LogP contribution in [0.5, 0.6) is 0 Å². The van der Waals surface area contributed by atoms with Gasteiger partial charge in [0.15, 0.2) is 5.60 Å². The van der Waals surface area contributed by atoms with Crippen molar-refractivity contribution >= 4 is 5.97 Å². The van der Waals surface area contributed by atoms with Crippen molar-refractivity contribution in [2.45, 2.75) is 18.9 Å². The van der Waals surface area contributed by atoms with Crippen molar-refractivity contribution in [3.8, 4) is 0 Å². The lowest BCUT2D eigenvalue weighted by Gasteiger charge is -2.24. The summed E-state index contributed by atoms with van der Waals surface area (Å²) in [4.78, 5) is 12.5. The van der Waals surface area contributed by atoms with E-state index in [1.807, 2.05) is 4.90 Å². The van der Waals surface area contributed by atoms with Gasteiger partial charge in [-0.2, -0.15) is 0 Å². The number of aliphatic carboxylic acids is 1. The average Bonchev–Trinajstić information content (AvgIpc) is 2.51. The molecule has 0 bridgehead atoms. The van der Waals surface area contributed by atoms with Crippen LogP contribution in [0.3, 0.4) is 0 Å². The molecule has 1 aliphatic heterocycles. The van der Waals surface area contributed by atoms with Crippen LogP contribution in [-0.4, -0.2) is 58.0 Å². The molecule has 1 rings (SSSR count). The molecule has 2 unspecified atom stereocenters. The first-order chi connectivity index (χ1) is 6.45. The van der Waals surface area contributed by atoms with Crippen LogP contribution >= 0.6 is 0 Å². The van der Waals surface area contributed by atoms with Crippen molar-refractivity contribution in [3.05, 3.63) is 0 Å². The number of nitrogens with zero attached hydrogens (tertiary/aromatic N) is 1. The predicted molar refractivity (Wildman–Crippen MR) is 49.9 cm³/mol. The molecular formula is C9H17NO4. The van der Waals surface area contributed by atoms with Gasteiger partial charge < -0.3 is 15.3 Å². The average molecular weight is 203 g/mol. The van der Waals surface area contributed by atoms with Gasteiger partial charge in [-0.1, -0.05) is 0 Å². The first-order valence-corrected chi connectivity index (χ1v) is 4.74. The molecule has 0 amide bonds. The molecule has 1 aliphatic rings. The molecule has 1 heterocycles. The second-order valence-electron chi connectivity index (χ2n) is 4.15. The Labute approximate surface area is 83.0 Å². The summed E-state index contributed by atoms with van der Waals surface area (Å²) in [7, 11) is 0. The van der Waals surface area contributed by atoms with Gasteiger partial charge in [0.25, 0.3) is 0 Å². The first-order valence-electron chi connectivity index (χ1n) is 4.74. The number of aliphatic hydroxyl groups excluding tert-OH is 1. The molecule has 0 aromatic rings. The van der Waals surface area contributed by atoms with Gasteiger partial charge >= 0.3 is 5.97 Å². The molecule has 5 heteroatoms. The third-order valence-electron chi connectivity index (χ3n) is 2.62. The summed E-state index contributed by atoms with van der Waals surface area (Å²) < 4.78 is 0. The van der Waals surface area contributed by atoms with Gasteiger partial charge in [0.05, 0.1) is 0 Å². The van der Waals surface area contributed by atoms with Gasteiger partial charge in [0.1, 0.15) is 0 Å². The Morgan fingerprint density at radius 1 is 1.64 bits per heavy atom. The Hall–Kier alpha value is -0.650. The van der Waals surface area contributed by atoms with Gasteiger partial charge in [0, 0.05) is 19.7 Å². The minimum Gasteiger partial charge on any atom is -0.479 e. The van der Waals surface area contributed by atoms with Gasteiger partial charge in [-0.15, -0.1) is 0 Å². The van der Waals surface area contributed by atoms with E-state index in [-0.39, 0.29) is 19.1 Å². The lowest BCUT2D eigenvalue weighted by molar-refractivity contribution is -0.158. The zero-order valence-corrected chi connectivity index (χ0v) is 8.31. The van der Waals surface area contributed by atoms with E-state index in [9.17, 15) is 9.90 Å². The van der Waals surface area contributed by atoms with E-state index in [1.165, 1.54) is 6.92 Å². The fourth-order valence-corrected chi connectivity index (χ4v) is 1.71. The number of likely N-dealkylation sites (tertiary alicyclic amines) is 1. The molecule has 3 N–H and O–H groups in total. The van der Waals surface area contributed by atoms with E-state index in [1.54, 1.807) is 0 Å². The summed E-state index contributed by atoms with van der Waals surface area (Å²) in [5.41, 5.74) is -1.69. The lowest BCUT2D eigenvalue weighted by Crippen LogP contribution is -2.46. The van der Waals surface area contributed by atoms with Crippen LogP contribution in [0.2, 0.25) is 0 Å². The quantitative estimate of drug-likeness (QED) is 0.553. The third-order valence-corrected chi connectivity index (χ3v) is 2.62. The highest BCUT2D eigenvalue weighted by molar-refractivity contribution is 5.76. The van der Waals surface area contributed by atoms with E-state index in [2.05, 4.69) is 0 Å². The number of aliphatic hydroxyl groups is 2. The molecule has 5 nitrogen and oxygen atoms in total. The molecule has 1 saturated heterocycles. The molecule has 14 heavy (non-hydrogen) atoms. The Morgan fingerprint density at radius 2 is 2.29 bits per heavy atom. The SMILES string of the molecule is CC(O)(CN1CCC(CO)C1)C(=O)O. The predicted octanol–water partition coefficient (Wildman–Crippen LogP) is -0.864. The van der Waals surface area contributed by atoms with Crippen molar-refractivity contribution in [2.75, 3.05) is 26.2 Å². The van der Waals surface area contributed by atoms with Crippen LogP contribution in [0.25, 0.3) is 0 Å². The summed E-state index contributed by atoms with van der Waals surface area (Å²) in [6.07, 6.45) is 0.867. The van der Waals surface area contributed by atoms with E-state index in [0.29, 0.717) is 6.54 Å². The highest BCUT2D eigenvalue weighted by atomic mass is 16.4. The van der Waals surface area contributed by atoms with Crippen LogP contribution < -0.4 is 0 Å². The number of carboxylic acid groups (broad SMARTS) is 1. The first kappa shape index (κ1) is 11.4. The Balaban J connectivity index is 2.42. The standard InChI is InChI=1S/C9H17NO4/c1-9(14,8(12)13)6-10-3-2-7(4-10)5-11/h7,11,14H,2-6H2,1H3,(H,12,13). The summed E-state index contributed by atoms with van der Waals surface area (Å²) in [6.45, 7) is 2.96. The number of carbonyl (C=O) groups is 1. The molecule has 2 atom stereocenters. The third kappa shape index (κ3) is 2.67. The second kappa shape index (κ2) is 4.25. The van der Waals surface area contributed by atoms with Gasteiger partial charge in [0.2, 0.25) is 0 Å². The van der Waals surface area contributed by atoms with E-state index < -0.39 is 11.6 Å². The molecular weight excluding hydrogens is 186 g/mol. The molecule has 82 valence electrons. The van der Waals surface area contributed by atoms with Crippen LogP contribution in [0.1, 0.15) is 13.3 Å². The van der Waals surface area contributed by atoms with E-state index in [0.717, 1.165) is 13.0 Å².